The van der Waals surface area contributed by atoms with E-state index >= 15 is 0 Å². The molecule has 2 aromatic carbocycles. The Morgan fingerprint density at radius 2 is 1.96 bits per heavy atom. The van der Waals surface area contributed by atoms with Crippen LogP contribution in [0.25, 0.3) is 0 Å². The van der Waals surface area contributed by atoms with Gasteiger partial charge in [0.1, 0.15) is 11.5 Å². The maximum Gasteiger partial charge on any atom is 0.265 e. The average Bonchev–Trinajstić information content (AvgIpc) is 3.06. The van der Waals surface area contributed by atoms with E-state index in [-0.39, 0.29) is 24.8 Å². The highest BCUT2D eigenvalue weighted by Gasteiger charge is 2.33. The number of amides is 2. The van der Waals surface area contributed by atoms with Crippen LogP contribution in [0.3, 0.4) is 0 Å². The fraction of sp³-hybridized carbons (Fsp3) is 0.250. The predicted molar refractivity (Wildman–Crippen MR) is 97.0 cm³/mol. The molecule has 4 rings (SSSR count). The first-order chi connectivity index (χ1) is 13.0. The van der Waals surface area contributed by atoms with Gasteiger partial charge in [-0.3, -0.25) is 14.4 Å². The van der Waals surface area contributed by atoms with Gasteiger partial charge in [-0.2, -0.15) is 0 Å². The van der Waals surface area contributed by atoms with Crippen molar-refractivity contribution >= 4 is 23.3 Å². The van der Waals surface area contributed by atoms with E-state index in [4.69, 9.17) is 15.2 Å². The molecule has 7 heteroatoms. The molecule has 2 N–H and O–H groups in total. The lowest BCUT2D eigenvalue weighted by molar-refractivity contribution is -0.125. The molecule has 1 aliphatic heterocycles. The van der Waals surface area contributed by atoms with Crippen LogP contribution in [0.4, 0.5) is 5.69 Å². The molecular formula is C20H18N2O5. The molecule has 0 bridgehead atoms. The number of hydrogen-bond donors (Lipinski definition) is 1. The molecule has 0 saturated heterocycles. The van der Waals surface area contributed by atoms with Crippen molar-refractivity contribution in [2.24, 2.45) is 5.73 Å². The number of rotatable bonds is 4. The van der Waals surface area contributed by atoms with Crippen LogP contribution in [-0.4, -0.2) is 36.9 Å². The second-order valence-corrected chi connectivity index (χ2v) is 6.48. The van der Waals surface area contributed by atoms with E-state index < -0.39 is 12.0 Å². The Morgan fingerprint density at radius 3 is 2.78 bits per heavy atom. The molecule has 1 atom stereocenters. The zero-order chi connectivity index (χ0) is 19.0. The number of Topliss-reactive ketones (excluding diaryl/α,β-unsaturated/α-hetero) is 1. The summed E-state index contributed by atoms with van der Waals surface area (Å²) in [4.78, 5) is 37.7. The van der Waals surface area contributed by atoms with Crippen LogP contribution in [0.15, 0.2) is 42.5 Å². The summed E-state index contributed by atoms with van der Waals surface area (Å²) in [6.45, 7) is -0.190. The third-order valence-electron chi connectivity index (χ3n) is 4.78. The third kappa shape index (κ3) is 3.12. The Hall–Kier alpha value is -3.35. The molecule has 1 heterocycles. The summed E-state index contributed by atoms with van der Waals surface area (Å²) in [6.07, 6.45) is 0.158. The van der Waals surface area contributed by atoms with Gasteiger partial charge < -0.3 is 20.1 Å². The van der Waals surface area contributed by atoms with E-state index in [1.165, 1.54) is 4.90 Å². The lowest BCUT2D eigenvalue weighted by atomic mass is 10.1. The molecule has 2 aliphatic rings. The first kappa shape index (κ1) is 17.1. The molecule has 138 valence electrons. The van der Waals surface area contributed by atoms with E-state index in [1.807, 2.05) is 0 Å². The van der Waals surface area contributed by atoms with Crippen LogP contribution in [0.2, 0.25) is 0 Å². The Bertz CT molecular complexity index is 940. The molecule has 1 unspecified atom stereocenters. The molecular weight excluding hydrogens is 348 g/mol. The first-order valence-electron chi connectivity index (χ1n) is 8.68. The Balaban J connectivity index is 1.53. The van der Waals surface area contributed by atoms with Crippen LogP contribution in [-0.2, 0) is 16.0 Å². The van der Waals surface area contributed by atoms with Crippen molar-refractivity contribution in [3.63, 3.8) is 0 Å². The second-order valence-electron chi connectivity index (χ2n) is 6.48. The average molecular weight is 366 g/mol. The van der Waals surface area contributed by atoms with E-state index in [2.05, 4.69) is 0 Å². The Kier molecular flexibility index (Phi) is 4.27. The standard InChI is InChI=1S/C20H18N2O5/c21-20(25)18-10-22(14-5-1-2-6-17(14)27-18)19(24)11-26-16-7-3-4-12-13(16)8-9-15(12)23/h1-7,18H,8-11H2,(H2,21,25). The van der Waals surface area contributed by atoms with E-state index in [1.54, 1.807) is 42.5 Å². The predicted octanol–water partition coefficient (Wildman–Crippen LogP) is 1.47. The SMILES string of the molecule is NC(=O)C1CN(C(=O)COc2cccc3c2CCC3=O)c2ccccc2O1. The topological polar surface area (TPSA) is 98.9 Å². The fourth-order valence-corrected chi connectivity index (χ4v) is 3.43. The zero-order valence-electron chi connectivity index (χ0n) is 14.5. The molecule has 0 fully saturated rings. The highest BCUT2D eigenvalue weighted by atomic mass is 16.5. The highest BCUT2D eigenvalue weighted by molar-refractivity contribution is 6.01. The minimum atomic E-state index is -0.914. The van der Waals surface area contributed by atoms with Crippen molar-refractivity contribution < 1.29 is 23.9 Å². The summed E-state index contributed by atoms with van der Waals surface area (Å²) in [5, 5.41) is 0. The largest absolute Gasteiger partial charge is 0.483 e. The van der Waals surface area contributed by atoms with Crippen LogP contribution in [0.5, 0.6) is 11.5 Å². The van der Waals surface area contributed by atoms with Gasteiger partial charge in [-0.25, -0.2) is 0 Å². The number of ether oxygens (including phenoxy) is 2. The number of carbonyl (C=O) groups excluding carboxylic acids is 3. The number of benzene rings is 2. The lowest BCUT2D eigenvalue weighted by Crippen LogP contribution is -2.50. The van der Waals surface area contributed by atoms with Crippen molar-refractivity contribution in [1.29, 1.82) is 0 Å². The normalized spacial score (nSPS) is 17.7. The number of hydrogen-bond acceptors (Lipinski definition) is 5. The van der Waals surface area contributed by atoms with E-state index in [0.29, 0.717) is 35.6 Å². The van der Waals surface area contributed by atoms with Crippen molar-refractivity contribution in [2.45, 2.75) is 18.9 Å². The summed E-state index contributed by atoms with van der Waals surface area (Å²) >= 11 is 0. The van der Waals surface area contributed by atoms with Crippen LogP contribution in [0, 0.1) is 0 Å². The minimum absolute atomic E-state index is 0.0277. The van der Waals surface area contributed by atoms with E-state index in [0.717, 1.165) is 5.56 Å². The van der Waals surface area contributed by atoms with Gasteiger partial charge >= 0.3 is 0 Å². The monoisotopic (exact) mass is 366 g/mol. The number of nitrogens with two attached hydrogens (primary N) is 1. The molecule has 0 aromatic heterocycles. The van der Waals surface area contributed by atoms with Crippen LogP contribution in [0.1, 0.15) is 22.3 Å². The lowest BCUT2D eigenvalue weighted by Gasteiger charge is -2.33. The van der Waals surface area contributed by atoms with Crippen LogP contribution >= 0.6 is 0 Å². The smallest absolute Gasteiger partial charge is 0.265 e. The Morgan fingerprint density at radius 1 is 1.15 bits per heavy atom. The van der Waals surface area contributed by atoms with Gasteiger partial charge in [0.25, 0.3) is 11.8 Å². The number of carbonyl (C=O) groups is 3. The number of ketones is 1. The summed E-state index contributed by atoms with van der Waals surface area (Å²) in [7, 11) is 0. The molecule has 1 aliphatic carbocycles. The van der Waals surface area contributed by atoms with Crippen LogP contribution < -0.4 is 20.1 Å². The minimum Gasteiger partial charge on any atom is -0.483 e. The van der Waals surface area contributed by atoms with Crippen molar-refractivity contribution in [3.8, 4) is 11.5 Å². The highest BCUT2D eigenvalue weighted by Crippen LogP contribution is 2.34. The molecule has 2 amide bonds. The summed E-state index contributed by atoms with van der Waals surface area (Å²) in [5.74, 6) is 0.0986. The number of fused-ring (bicyclic) bond motifs is 2. The molecule has 7 nitrogen and oxygen atoms in total. The van der Waals surface area contributed by atoms with Gasteiger partial charge in [-0.1, -0.05) is 24.3 Å². The molecule has 2 aromatic rings. The third-order valence-corrected chi connectivity index (χ3v) is 4.78. The summed E-state index contributed by atoms with van der Waals surface area (Å²) in [5.41, 5.74) is 7.43. The van der Waals surface area contributed by atoms with Gasteiger partial charge in [-0.05, 0) is 24.6 Å². The van der Waals surface area contributed by atoms with Crippen molar-refractivity contribution in [3.05, 3.63) is 53.6 Å². The number of primary amides is 1. The second kappa shape index (κ2) is 6.75. The maximum absolute atomic E-state index is 12.8. The number of nitrogens with zero attached hydrogens (tertiary/aromatic N) is 1. The maximum atomic E-state index is 12.8. The molecule has 0 saturated carbocycles. The van der Waals surface area contributed by atoms with Crippen molar-refractivity contribution in [2.75, 3.05) is 18.1 Å². The summed E-state index contributed by atoms with van der Waals surface area (Å²) in [6, 6.07) is 12.2. The molecule has 27 heavy (non-hydrogen) atoms. The van der Waals surface area contributed by atoms with Gasteiger partial charge in [0.15, 0.2) is 18.5 Å². The van der Waals surface area contributed by atoms with Gasteiger partial charge in [0, 0.05) is 17.5 Å². The quantitative estimate of drug-likeness (QED) is 0.883. The van der Waals surface area contributed by atoms with E-state index in [9.17, 15) is 14.4 Å². The Labute approximate surface area is 155 Å². The van der Waals surface area contributed by atoms with Gasteiger partial charge in [0.05, 0.1) is 12.2 Å². The van der Waals surface area contributed by atoms with Gasteiger partial charge in [0.2, 0.25) is 0 Å². The van der Waals surface area contributed by atoms with Crippen molar-refractivity contribution in [1.82, 2.24) is 0 Å². The molecule has 0 spiro atoms. The number of para-hydroxylation sites is 2. The summed E-state index contributed by atoms with van der Waals surface area (Å²) < 4.78 is 11.3. The number of anilines is 1. The first-order valence-corrected chi connectivity index (χ1v) is 8.68. The zero-order valence-corrected chi connectivity index (χ0v) is 14.5. The van der Waals surface area contributed by atoms with Gasteiger partial charge in [-0.15, -0.1) is 0 Å². The fourth-order valence-electron chi connectivity index (χ4n) is 3.43. The molecule has 0 radical (unpaired) electrons.